The van der Waals surface area contributed by atoms with Crippen molar-refractivity contribution in [1.82, 2.24) is 0 Å². The first-order valence-electron chi connectivity index (χ1n) is 6.63. The number of aliphatic hydroxyl groups is 1. The summed E-state index contributed by atoms with van der Waals surface area (Å²) in [7, 11) is 3.09. The third kappa shape index (κ3) is 3.36. The minimum Gasteiger partial charge on any atom is -0.510 e. The second-order valence-corrected chi connectivity index (χ2v) is 5.25. The van der Waals surface area contributed by atoms with Gasteiger partial charge < -0.3 is 19.3 Å². The van der Waals surface area contributed by atoms with Gasteiger partial charge in [0.1, 0.15) is 33.6 Å². The molecule has 118 valence electrons. The molecule has 1 aliphatic rings. The van der Waals surface area contributed by atoms with Crippen LogP contribution in [0.15, 0.2) is 34.5 Å². The van der Waals surface area contributed by atoms with E-state index in [2.05, 4.69) is 4.99 Å². The van der Waals surface area contributed by atoms with Crippen LogP contribution in [0.4, 0.5) is 5.69 Å². The van der Waals surface area contributed by atoms with E-state index in [0.717, 1.165) is 0 Å². The average Bonchev–Trinajstić information content (AvgIpc) is 2.88. The van der Waals surface area contributed by atoms with Crippen LogP contribution >= 0.6 is 11.8 Å². The van der Waals surface area contributed by atoms with Gasteiger partial charge in [-0.1, -0.05) is 11.8 Å². The van der Waals surface area contributed by atoms with E-state index < -0.39 is 5.97 Å². The Morgan fingerprint density at radius 1 is 1.36 bits per heavy atom. The number of esters is 1. The Hall–Kier alpha value is -2.15. The third-order valence-corrected chi connectivity index (χ3v) is 3.92. The van der Waals surface area contributed by atoms with Crippen LogP contribution in [0, 0.1) is 0 Å². The Bertz CT molecular complexity index is 639. The topological polar surface area (TPSA) is 77.4 Å². The molecule has 0 fully saturated rings. The lowest BCUT2D eigenvalue weighted by molar-refractivity contribution is -0.138. The van der Waals surface area contributed by atoms with Gasteiger partial charge in [0.15, 0.2) is 0 Å². The first-order chi connectivity index (χ1) is 10.6. The molecule has 22 heavy (non-hydrogen) atoms. The molecule has 0 saturated heterocycles. The summed E-state index contributed by atoms with van der Waals surface area (Å²) in [6, 6.07) is 5.17. The summed E-state index contributed by atoms with van der Waals surface area (Å²) in [5, 5.41) is 10.3. The van der Waals surface area contributed by atoms with Crippen molar-refractivity contribution in [3.05, 3.63) is 29.5 Å². The maximum Gasteiger partial charge on any atom is 0.344 e. The molecule has 0 bridgehead atoms. The lowest BCUT2D eigenvalue weighted by Gasteiger charge is -2.08. The van der Waals surface area contributed by atoms with Gasteiger partial charge in [-0.05, 0) is 19.1 Å². The van der Waals surface area contributed by atoms with Crippen molar-refractivity contribution in [2.24, 2.45) is 4.99 Å². The first kappa shape index (κ1) is 16.2. The van der Waals surface area contributed by atoms with E-state index >= 15 is 0 Å². The van der Waals surface area contributed by atoms with Gasteiger partial charge >= 0.3 is 5.97 Å². The van der Waals surface area contributed by atoms with Gasteiger partial charge in [-0.3, -0.25) is 0 Å². The predicted molar refractivity (Wildman–Crippen MR) is 85.4 cm³/mol. The second-order valence-electron chi connectivity index (χ2n) is 4.29. The quantitative estimate of drug-likeness (QED) is 0.840. The molecule has 7 heteroatoms. The number of thioether (sulfide) groups is 1. The Morgan fingerprint density at radius 3 is 2.77 bits per heavy atom. The van der Waals surface area contributed by atoms with Crippen molar-refractivity contribution in [2.75, 3.05) is 26.6 Å². The van der Waals surface area contributed by atoms with Crippen molar-refractivity contribution in [2.45, 2.75) is 6.92 Å². The van der Waals surface area contributed by atoms with E-state index in [1.54, 1.807) is 32.2 Å². The molecule has 0 saturated carbocycles. The molecule has 1 aliphatic heterocycles. The van der Waals surface area contributed by atoms with Crippen LogP contribution in [0.1, 0.15) is 6.92 Å². The summed E-state index contributed by atoms with van der Waals surface area (Å²) in [6.07, 6.45) is 0. The molecule has 1 heterocycles. The largest absolute Gasteiger partial charge is 0.510 e. The van der Waals surface area contributed by atoms with Crippen molar-refractivity contribution >= 4 is 28.5 Å². The van der Waals surface area contributed by atoms with Gasteiger partial charge in [-0.15, -0.1) is 0 Å². The molecule has 0 unspecified atom stereocenters. The van der Waals surface area contributed by atoms with Crippen molar-refractivity contribution < 1.29 is 24.1 Å². The molecule has 2 rings (SSSR count). The molecule has 0 aliphatic carbocycles. The van der Waals surface area contributed by atoms with Crippen LogP contribution in [0.5, 0.6) is 11.5 Å². The lowest BCUT2D eigenvalue weighted by atomic mass is 10.2. The highest BCUT2D eigenvalue weighted by atomic mass is 32.2. The van der Waals surface area contributed by atoms with Gasteiger partial charge in [-0.2, -0.15) is 0 Å². The number of hydrogen-bond acceptors (Lipinski definition) is 7. The van der Waals surface area contributed by atoms with E-state index in [9.17, 15) is 9.90 Å². The average molecular weight is 323 g/mol. The molecular weight excluding hydrogens is 306 g/mol. The Kier molecular flexibility index (Phi) is 5.32. The van der Waals surface area contributed by atoms with Crippen LogP contribution < -0.4 is 9.47 Å². The van der Waals surface area contributed by atoms with Gasteiger partial charge in [0.05, 0.1) is 26.6 Å². The molecule has 6 nitrogen and oxygen atoms in total. The van der Waals surface area contributed by atoms with Crippen LogP contribution in [0.2, 0.25) is 0 Å². The molecule has 0 radical (unpaired) electrons. The first-order valence-corrected chi connectivity index (χ1v) is 7.62. The maximum absolute atomic E-state index is 11.9. The number of benzene rings is 1. The molecule has 1 aromatic rings. The zero-order chi connectivity index (χ0) is 16.1. The fourth-order valence-corrected chi connectivity index (χ4v) is 2.81. The number of aliphatic imine (C=N–C) groups is 1. The van der Waals surface area contributed by atoms with Crippen LogP contribution in [0.25, 0.3) is 0 Å². The monoisotopic (exact) mass is 323 g/mol. The summed E-state index contributed by atoms with van der Waals surface area (Å²) in [5.41, 5.74) is 0.659. The zero-order valence-corrected chi connectivity index (χ0v) is 13.4. The molecular formula is C15H17NO5S. The van der Waals surface area contributed by atoms with E-state index in [0.29, 0.717) is 28.0 Å². The number of hydrogen-bond donors (Lipinski definition) is 1. The van der Waals surface area contributed by atoms with Gasteiger partial charge in [0.25, 0.3) is 0 Å². The summed E-state index contributed by atoms with van der Waals surface area (Å²) in [4.78, 5) is 16.3. The molecule has 0 atom stereocenters. The number of rotatable bonds is 5. The third-order valence-electron chi connectivity index (χ3n) is 2.94. The number of carbonyl (C=O) groups is 1. The molecule has 0 spiro atoms. The summed E-state index contributed by atoms with van der Waals surface area (Å²) in [6.45, 7) is 1.94. The van der Waals surface area contributed by atoms with Crippen LogP contribution in [-0.2, 0) is 9.53 Å². The zero-order valence-electron chi connectivity index (χ0n) is 12.6. The number of nitrogens with zero attached hydrogens (tertiary/aromatic N) is 1. The molecule has 1 N–H and O–H groups in total. The highest BCUT2D eigenvalue weighted by Crippen LogP contribution is 2.35. The number of aliphatic hydroxyl groups excluding tert-OH is 1. The smallest absolute Gasteiger partial charge is 0.344 e. The molecule has 1 aromatic carbocycles. The van der Waals surface area contributed by atoms with Gasteiger partial charge in [0, 0.05) is 6.07 Å². The Labute approximate surface area is 132 Å². The summed E-state index contributed by atoms with van der Waals surface area (Å²) >= 11 is 1.28. The summed E-state index contributed by atoms with van der Waals surface area (Å²) in [5.74, 6) is 0.864. The normalized spacial score (nSPS) is 16.0. The number of methoxy groups -OCH3 is 2. The number of ether oxygens (including phenoxy) is 3. The minimum atomic E-state index is -0.573. The van der Waals surface area contributed by atoms with Crippen molar-refractivity contribution in [3.63, 3.8) is 0 Å². The fraction of sp³-hybridized carbons (Fsp3) is 0.333. The van der Waals surface area contributed by atoms with Crippen molar-refractivity contribution in [3.8, 4) is 11.5 Å². The second kappa shape index (κ2) is 7.22. The van der Waals surface area contributed by atoms with E-state index in [1.807, 2.05) is 0 Å². The standard InChI is InChI=1S/C15H17NO5S/c1-4-21-15(18)13-11(17)8-22-14(13)16-10-6-5-9(19-2)7-12(10)20-3/h5-7,17H,4,8H2,1-3H3. The predicted octanol–water partition coefficient (Wildman–Crippen LogP) is 2.86. The van der Waals surface area contributed by atoms with E-state index in [4.69, 9.17) is 14.2 Å². The Morgan fingerprint density at radius 2 is 2.14 bits per heavy atom. The number of carbonyl (C=O) groups excluding carboxylic acids is 1. The van der Waals surface area contributed by atoms with Crippen LogP contribution in [0.3, 0.4) is 0 Å². The maximum atomic E-state index is 11.9. The molecule has 0 amide bonds. The highest BCUT2D eigenvalue weighted by Gasteiger charge is 2.29. The molecule has 0 aromatic heterocycles. The Balaban J connectivity index is 2.38. The highest BCUT2D eigenvalue weighted by molar-refractivity contribution is 8.15. The van der Waals surface area contributed by atoms with Gasteiger partial charge in [-0.25, -0.2) is 9.79 Å². The van der Waals surface area contributed by atoms with Gasteiger partial charge in [0.2, 0.25) is 0 Å². The van der Waals surface area contributed by atoms with E-state index in [1.165, 1.54) is 18.9 Å². The van der Waals surface area contributed by atoms with Crippen LogP contribution in [-0.4, -0.2) is 42.7 Å². The van der Waals surface area contributed by atoms with Crippen molar-refractivity contribution in [1.29, 1.82) is 0 Å². The van der Waals surface area contributed by atoms with E-state index in [-0.39, 0.29) is 17.9 Å². The lowest BCUT2D eigenvalue weighted by Crippen LogP contribution is -2.13. The SMILES string of the molecule is CCOC(=O)C1=C(O)CSC1=Nc1ccc(OC)cc1OC. The fourth-order valence-electron chi connectivity index (χ4n) is 1.89. The minimum absolute atomic E-state index is 0.0188. The summed E-state index contributed by atoms with van der Waals surface area (Å²) < 4.78 is 15.4.